The smallest absolute Gasteiger partial charge is 0.406 e. The van der Waals surface area contributed by atoms with Gasteiger partial charge in [-0.2, -0.15) is 5.26 Å². The molecule has 29 heavy (non-hydrogen) atoms. The number of rotatable bonds is 4. The molecule has 0 radical (unpaired) electrons. The van der Waals surface area contributed by atoms with Crippen molar-refractivity contribution < 1.29 is 4.42 Å². The van der Waals surface area contributed by atoms with Gasteiger partial charge < -0.3 is 9.32 Å². The molecule has 1 fully saturated rings. The summed E-state index contributed by atoms with van der Waals surface area (Å²) >= 11 is 1.75. The Kier molecular flexibility index (Phi) is 4.58. The number of fused-ring (bicyclic) bond motifs is 2. The van der Waals surface area contributed by atoms with E-state index >= 15 is 0 Å². The molecule has 7 heteroatoms. The molecule has 2 aromatic heterocycles. The van der Waals surface area contributed by atoms with E-state index < -0.39 is 5.76 Å². The number of aromatic nitrogens is 1. The molecule has 0 atom stereocenters. The van der Waals surface area contributed by atoms with E-state index in [2.05, 4.69) is 26.2 Å². The van der Waals surface area contributed by atoms with Gasteiger partial charge in [-0.25, -0.2) is 4.79 Å². The third-order valence-electron chi connectivity index (χ3n) is 5.62. The van der Waals surface area contributed by atoms with Gasteiger partial charge in [0.2, 0.25) is 0 Å². The second-order valence-electron chi connectivity index (χ2n) is 7.33. The van der Waals surface area contributed by atoms with E-state index in [0.29, 0.717) is 5.58 Å². The number of benzene rings is 2. The molecule has 0 spiro atoms. The summed E-state index contributed by atoms with van der Waals surface area (Å²) in [6, 6.07) is 14.0. The normalized spacial score (nSPS) is 15.2. The number of nitrogens with zero attached hydrogens (tertiary/aromatic N) is 3. The van der Waals surface area contributed by atoms with Crippen LogP contribution in [0.5, 0.6) is 0 Å². The fourth-order valence-corrected chi connectivity index (χ4v) is 5.02. The number of hydrogen-bond acceptors (Lipinski definition) is 6. The standard InChI is InChI=1S/C22H20N4O2S/c23-13-15-4-5-20-17(12-15)16(14-29-20)6-7-25-8-10-26(11-9-25)19-3-1-2-18-21(19)28-22(27)24-18/h1-5,12,14H,6-11H2,(H,24,27). The zero-order valence-corrected chi connectivity index (χ0v) is 16.7. The van der Waals surface area contributed by atoms with Gasteiger partial charge in [0.15, 0.2) is 5.58 Å². The molecule has 0 aliphatic carbocycles. The van der Waals surface area contributed by atoms with Crippen molar-refractivity contribution in [3.8, 4) is 6.07 Å². The minimum Gasteiger partial charge on any atom is -0.406 e. The van der Waals surface area contributed by atoms with E-state index in [1.807, 2.05) is 36.4 Å². The minimum atomic E-state index is -0.409. The third-order valence-corrected chi connectivity index (χ3v) is 6.63. The highest BCUT2D eigenvalue weighted by atomic mass is 32.1. The number of aromatic amines is 1. The van der Waals surface area contributed by atoms with Gasteiger partial charge in [0, 0.05) is 37.4 Å². The first-order valence-corrected chi connectivity index (χ1v) is 10.6. The largest absolute Gasteiger partial charge is 0.417 e. The molecule has 4 aromatic rings. The molecule has 1 N–H and O–H groups in total. The fraction of sp³-hybridized carbons (Fsp3) is 0.273. The molecule has 0 bridgehead atoms. The topological polar surface area (TPSA) is 76.3 Å². The number of piperazine rings is 1. The van der Waals surface area contributed by atoms with E-state index in [1.54, 1.807) is 11.3 Å². The van der Waals surface area contributed by atoms with Crippen LogP contribution in [0.4, 0.5) is 5.69 Å². The predicted octanol–water partition coefficient (Wildman–Crippen LogP) is 3.57. The van der Waals surface area contributed by atoms with Crippen LogP contribution in [0.1, 0.15) is 11.1 Å². The summed E-state index contributed by atoms with van der Waals surface area (Å²) in [5.41, 5.74) is 4.41. The van der Waals surface area contributed by atoms with Crippen molar-refractivity contribution in [3.63, 3.8) is 0 Å². The number of anilines is 1. The molecular weight excluding hydrogens is 384 g/mol. The van der Waals surface area contributed by atoms with Gasteiger partial charge in [0.25, 0.3) is 0 Å². The van der Waals surface area contributed by atoms with Gasteiger partial charge in [-0.3, -0.25) is 9.88 Å². The molecule has 0 amide bonds. The highest BCUT2D eigenvalue weighted by Gasteiger charge is 2.20. The Morgan fingerprint density at radius 1 is 1.17 bits per heavy atom. The first-order chi connectivity index (χ1) is 14.2. The summed E-state index contributed by atoms with van der Waals surface area (Å²) in [5, 5.41) is 12.6. The molecule has 1 saturated heterocycles. The van der Waals surface area contributed by atoms with Crippen LogP contribution in [-0.2, 0) is 6.42 Å². The minimum absolute atomic E-state index is 0.409. The highest BCUT2D eigenvalue weighted by molar-refractivity contribution is 7.17. The second-order valence-corrected chi connectivity index (χ2v) is 8.24. The fourth-order valence-electron chi connectivity index (χ4n) is 4.04. The SMILES string of the molecule is N#Cc1ccc2scc(CCN3CCN(c4cccc5[nH]c(=O)oc45)CC3)c2c1. The highest BCUT2D eigenvalue weighted by Crippen LogP contribution is 2.28. The van der Waals surface area contributed by atoms with Crippen molar-refractivity contribution in [1.29, 1.82) is 5.26 Å². The van der Waals surface area contributed by atoms with E-state index in [-0.39, 0.29) is 0 Å². The number of H-pyrrole nitrogens is 1. The Balaban J connectivity index is 1.25. The maximum Gasteiger partial charge on any atom is 0.417 e. The molecule has 5 rings (SSSR count). The maximum atomic E-state index is 11.5. The van der Waals surface area contributed by atoms with E-state index in [4.69, 9.17) is 9.68 Å². The van der Waals surface area contributed by atoms with Crippen molar-refractivity contribution in [3.05, 3.63) is 63.5 Å². The molecule has 1 aliphatic heterocycles. The Hall–Kier alpha value is -3.08. The number of para-hydroxylation sites is 1. The number of oxazole rings is 1. The molecule has 1 aliphatic rings. The predicted molar refractivity (Wildman–Crippen MR) is 116 cm³/mol. The number of nitrogens with one attached hydrogen (secondary N) is 1. The van der Waals surface area contributed by atoms with Crippen molar-refractivity contribution in [2.45, 2.75) is 6.42 Å². The number of nitriles is 1. The summed E-state index contributed by atoms with van der Waals surface area (Å²) < 4.78 is 6.59. The second kappa shape index (κ2) is 7.39. The quantitative estimate of drug-likeness (QED) is 0.563. The lowest BCUT2D eigenvalue weighted by molar-refractivity contribution is 0.261. The van der Waals surface area contributed by atoms with Crippen LogP contribution in [0, 0.1) is 11.3 Å². The molecular formula is C22H20N4O2S. The van der Waals surface area contributed by atoms with Gasteiger partial charge >= 0.3 is 5.76 Å². The Morgan fingerprint density at radius 2 is 2.03 bits per heavy atom. The lowest BCUT2D eigenvalue weighted by Gasteiger charge is -2.36. The summed E-state index contributed by atoms with van der Waals surface area (Å²) in [4.78, 5) is 19.0. The number of thiophene rings is 1. The number of hydrogen-bond donors (Lipinski definition) is 1. The summed E-state index contributed by atoms with van der Waals surface area (Å²) in [5.74, 6) is -0.409. The van der Waals surface area contributed by atoms with Crippen molar-refractivity contribution in [2.24, 2.45) is 0 Å². The van der Waals surface area contributed by atoms with Gasteiger partial charge in [0.05, 0.1) is 22.8 Å². The molecule has 0 unspecified atom stereocenters. The molecule has 3 heterocycles. The first kappa shape index (κ1) is 18.0. The molecule has 6 nitrogen and oxygen atoms in total. The Bertz CT molecular complexity index is 1270. The first-order valence-electron chi connectivity index (χ1n) is 9.70. The van der Waals surface area contributed by atoms with E-state index in [0.717, 1.165) is 55.9 Å². The van der Waals surface area contributed by atoms with Crippen LogP contribution < -0.4 is 10.7 Å². The van der Waals surface area contributed by atoms with E-state index in [9.17, 15) is 4.79 Å². The van der Waals surface area contributed by atoms with Crippen molar-refractivity contribution in [1.82, 2.24) is 9.88 Å². The molecule has 0 saturated carbocycles. The van der Waals surface area contributed by atoms with Gasteiger partial charge in [-0.05, 0) is 53.1 Å². The average molecular weight is 404 g/mol. The zero-order chi connectivity index (χ0) is 19.8. The van der Waals surface area contributed by atoms with Crippen molar-refractivity contribution in [2.75, 3.05) is 37.6 Å². The molecule has 2 aromatic carbocycles. The zero-order valence-electron chi connectivity index (χ0n) is 15.9. The van der Waals surface area contributed by atoms with Crippen LogP contribution in [0.15, 0.2) is 51.0 Å². The summed E-state index contributed by atoms with van der Waals surface area (Å²) in [7, 11) is 0. The van der Waals surface area contributed by atoms with Crippen LogP contribution in [-0.4, -0.2) is 42.6 Å². The van der Waals surface area contributed by atoms with E-state index in [1.165, 1.54) is 15.6 Å². The maximum absolute atomic E-state index is 11.5. The van der Waals surface area contributed by atoms with Gasteiger partial charge in [-0.15, -0.1) is 11.3 Å². The molecule has 146 valence electrons. The van der Waals surface area contributed by atoms with Crippen molar-refractivity contribution >= 4 is 38.2 Å². The van der Waals surface area contributed by atoms with Crippen LogP contribution >= 0.6 is 11.3 Å². The summed E-state index contributed by atoms with van der Waals surface area (Å²) in [6.45, 7) is 4.74. The lowest BCUT2D eigenvalue weighted by Crippen LogP contribution is -2.47. The Labute approximate surface area is 171 Å². The summed E-state index contributed by atoms with van der Waals surface area (Å²) in [6.07, 6.45) is 0.983. The van der Waals surface area contributed by atoms with Crippen LogP contribution in [0.25, 0.3) is 21.2 Å². The monoisotopic (exact) mass is 404 g/mol. The Morgan fingerprint density at radius 3 is 2.86 bits per heavy atom. The van der Waals surface area contributed by atoms with Crippen LogP contribution in [0.3, 0.4) is 0 Å². The van der Waals surface area contributed by atoms with Gasteiger partial charge in [0.1, 0.15) is 0 Å². The third kappa shape index (κ3) is 3.41. The lowest BCUT2D eigenvalue weighted by atomic mass is 10.1. The van der Waals surface area contributed by atoms with Gasteiger partial charge in [-0.1, -0.05) is 6.07 Å². The van der Waals surface area contributed by atoms with Crippen LogP contribution in [0.2, 0.25) is 0 Å². The average Bonchev–Trinajstić information content (AvgIpc) is 3.34.